The second kappa shape index (κ2) is 7.72. The summed E-state index contributed by atoms with van der Waals surface area (Å²) in [5, 5.41) is 11.9. The summed E-state index contributed by atoms with van der Waals surface area (Å²) in [7, 11) is 0. The Morgan fingerprint density at radius 3 is 2.50 bits per heavy atom. The average Bonchev–Trinajstić information content (AvgIpc) is 3.42. The van der Waals surface area contributed by atoms with Gasteiger partial charge in [0.2, 0.25) is 0 Å². The van der Waals surface area contributed by atoms with Gasteiger partial charge in [0.1, 0.15) is 30.2 Å². The summed E-state index contributed by atoms with van der Waals surface area (Å²) in [6.07, 6.45) is 6.97. The first-order valence-electron chi connectivity index (χ1n) is 9.94. The van der Waals surface area contributed by atoms with E-state index >= 15 is 0 Å². The fourth-order valence-electron chi connectivity index (χ4n) is 3.97. The molecule has 1 unspecified atom stereocenters. The first kappa shape index (κ1) is 18.5. The molecule has 2 fully saturated rings. The Kier molecular flexibility index (Phi) is 4.77. The van der Waals surface area contributed by atoms with Crippen LogP contribution in [0, 0.1) is 11.3 Å². The fourth-order valence-corrected chi connectivity index (χ4v) is 3.97. The summed E-state index contributed by atoms with van der Waals surface area (Å²) in [4.78, 5) is 17.1. The number of nitrogens with zero attached hydrogens (tertiary/aromatic N) is 7. The van der Waals surface area contributed by atoms with Gasteiger partial charge in [-0.2, -0.15) is 5.26 Å². The lowest BCUT2D eigenvalue weighted by molar-refractivity contribution is 0.0347. The molecule has 30 heavy (non-hydrogen) atoms. The van der Waals surface area contributed by atoms with Crippen molar-refractivity contribution >= 4 is 17.3 Å². The van der Waals surface area contributed by atoms with Crippen LogP contribution in [-0.4, -0.2) is 62.8 Å². The number of hydrogen-bond donors (Lipinski definition) is 1. The van der Waals surface area contributed by atoms with E-state index in [1.807, 2.05) is 16.8 Å². The van der Waals surface area contributed by atoms with Gasteiger partial charge in [0.25, 0.3) is 0 Å². The van der Waals surface area contributed by atoms with Crippen molar-refractivity contribution in [2.24, 2.45) is 0 Å². The zero-order valence-electron chi connectivity index (χ0n) is 16.3. The van der Waals surface area contributed by atoms with Gasteiger partial charge in [0, 0.05) is 43.6 Å². The van der Waals surface area contributed by atoms with Gasteiger partial charge in [-0.3, -0.25) is 4.90 Å². The highest BCUT2D eigenvalue weighted by Crippen LogP contribution is 2.27. The highest BCUT2D eigenvalue weighted by Gasteiger charge is 2.35. The molecule has 3 aromatic rings. The molecule has 1 atom stereocenters. The molecule has 9 heteroatoms. The lowest BCUT2D eigenvalue weighted by Gasteiger charge is -2.39. The van der Waals surface area contributed by atoms with Crippen molar-refractivity contribution in [1.29, 1.82) is 5.26 Å². The third-order valence-corrected chi connectivity index (χ3v) is 5.66. The van der Waals surface area contributed by atoms with Gasteiger partial charge < -0.3 is 14.8 Å². The van der Waals surface area contributed by atoms with E-state index in [1.165, 1.54) is 18.1 Å². The fraction of sp³-hybridized carbons (Fsp3) is 0.333. The van der Waals surface area contributed by atoms with E-state index in [4.69, 9.17) is 5.26 Å². The zero-order chi connectivity index (χ0) is 20.5. The number of imidazole rings is 1. The van der Waals surface area contributed by atoms with Crippen LogP contribution in [-0.2, 0) is 0 Å². The molecule has 1 N–H and O–H groups in total. The Hall–Kier alpha value is -3.51. The first-order valence-corrected chi connectivity index (χ1v) is 9.94. The SMILES string of the molecule is N#Cc1cnc(Nc2cn(-c3ccc(N4CCC(N5CC(F)C5)C4)cc3)cn2)cn1. The molecule has 8 nitrogen and oxygen atoms in total. The topological polar surface area (TPSA) is 85.9 Å². The van der Waals surface area contributed by atoms with E-state index in [-0.39, 0.29) is 5.69 Å². The zero-order valence-corrected chi connectivity index (χ0v) is 16.3. The molecule has 0 bridgehead atoms. The summed E-state index contributed by atoms with van der Waals surface area (Å²) in [5.41, 5.74) is 2.46. The minimum Gasteiger partial charge on any atom is -0.370 e. The Bertz CT molecular complexity index is 1050. The number of anilines is 3. The van der Waals surface area contributed by atoms with Crippen LogP contribution in [0.3, 0.4) is 0 Å². The average molecular weight is 404 g/mol. The molecule has 2 aliphatic heterocycles. The van der Waals surface area contributed by atoms with Crippen molar-refractivity contribution in [3.63, 3.8) is 0 Å². The van der Waals surface area contributed by atoms with Crippen LogP contribution in [0.4, 0.5) is 21.7 Å². The number of aromatic nitrogens is 4. The van der Waals surface area contributed by atoms with E-state index in [0.717, 1.165) is 25.2 Å². The van der Waals surface area contributed by atoms with Gasteiger partial charge in [-0.1, -0.05) is 0 Å². The maximum absolute atomic E-state index is 13.1. The number of nitrogens with one attached hydrogen (secondary N) is 1. The Balaban J connectivity index is 1.22. The van der Waals surface area contributed by atoms with E-state index < -0.39 is 6.17 Å². The molecule has 2 aromatic heterocycles. The summed E-state index contributed by atoms with van der Waals surface area (Å²) < 4.78 is 15.0. The van der Waals surface area contributed by atoms with Gasteiger partial charge in [-0.25, -0.2) is 19.3 Å². The van der Waals surface area contributed by atoms with Crippen LogP contribution in [0.2, 0.25) is 0 Å². The molecule has 0 spiro atoms. The monoisotopic (exact) mass is 404 g/mol. The van der Waals surface area contributed by atoms with Crippen LogP contribution in [0.1, 0.15) is 12.1 Å². The summed E-state index contributed by atoms with van der Waals surface area (Å²) in [6.45, 7) is 3.13. The van der Waals surface area contributed by atoms with Crippen LogP contribution in [0.15, 0.2) is 49.2 Å². The normalized spacial score (nSPS) is 19.5. The second-order valence-electron chi connectivity index (χ2n) is 7.65. The highest BCUT2D eigenvalue weighted by molar-refractivity contribution is 5.54. The molecule has 0 radical (unpaired) electrons. The maximum Gasteiger partial charge on any atom is 0.158 e. The third-order valence-electron chi connectivity index (χ3n) is 5.66. The molecular weight excluding hydrogens is 383 g/mol. The first-order chi connectivity index (χ1) is 14.7. The Morgan fingerprint density at radius 2 is 1.80 bits per heavy atom. The lowest BCUT2D eigenvalue weighted by atomic mass is 10.1. The standard InChI is InChI=1S/C21H21FN8/c22-15-10-29(11-15)19-5-6-28(12-19)17-1-3-18(4-2-17)30-13-21(26-14-30)27-20-9-24-16(7-23)8-25-20/h1-4,8-9,13-15,19H,5-6,10-12H2,(H,25,27). The van der Waals surface area contributed by atoms with Gasteiger partial charge in [-0.05, 0) is 30.7 Å². The number of hydrogen-bond acceptors (Lipinski definition) is 7. The molecule has 1 aromatic carbocycles. The van der Waals surface area contributed by atoms with E-state index in [1.54, 1.807) is 6.33 Å². The molecule has 5 rings (SSSR count). The Morgan fingerprint density at radius 1 is 1.00 bits per heavy atom. The van der Waals surface area contributed by atoms with Crippen molar-refractivity contribution in [2.45, 2.75) is 18.6 Å². The lowest BCUT2D eigenvalue weighted by Crippen LogP contribution is -2.54. The second-order valence-corrected chi connectivity index (χ2v) is 7.65. The van der Waals surface area contributed by atoms with Crippen LogP contribution in [0.25, 0.3) is 5.69 Å². The number of alkyl halides is 1. The molecule has 152 valence electrons. The van der Waals surface area contributed by atoms with Crippen LogP contribution < -0.4 is 10.2 Å². The van der Waals surface area contributed by atoms with Crippen molar-refractivity contribution in [3.05, 3.63) is 54.9 Å². The van der Waals surface area contributed by atoms with Gasteiger partial charge in [0.05, 0.1) is 18.6 Å². The van der Waals surface area contributed by atoms with Crippen molar-refractivity contribution in [3.8, 4) is 11.8 Å². The Labute approximate surface area is 173 Å². The quantitative estimate of drug-likeness (QED) is 0.699. The molecular formula is C21H21FN8. The highest BCUT2D eigenvalue weighted by atomic mass is 19.1. The van der Waals surface area contributed by atoms with Crippen molar-refractivity contribution < 1.29 is 4.39 Å². The number of benzene rings is 1. The van der Waals surface area contributed by atoms with E-state index in [0.29, 0.717) is 30.8 Å². The molecule has 0 saturated carbocycles. The number of rotatable bonds is 5. The molecule has 2 saturated heterocycles. The molecule has 0 aliphatic carbocycles. The van der Waals surface area contributed by atoms with Gasteiger partial charge in [-0.15, -0.1) is 0 Å². The van der Waals surface area contributed by atoms with Crippen LogP contribution in [0.5, 0.6) is 0 Å². The minimum atomic E-state index is -0.642. The third kappa shape index (κ3) is 3.69. The predicted molar refractivity (Wildman–Crippen MR) is 111 cm³/mol. The predicted octanol–water partition coefficient (Wildman–Crippen LogP) is 2.51. The molecule has 2 aliphatic rings. The maximum atomic E-state index is 13.1. The molecule has 0 amide bonds. The number of likely N-dealkylation sites (tertiary alicyclic amines) is 1. The smallest absolute Gasteiger partial charge is 0.158 e. The van der Waals surface area contributed by atoms with Crippen LogP contribution >= 0.6 is 0 Å². The number of halogens is 1. The summed E-state index contributed by atoms with van der Waals surface area (Å²) in [6, 6.07) is 10.8. The van der Waals surface area contributed by atoms with Crippen molar-refractivity contribution in [2.75, 3.05) is 36.4 Å². The number of nitriles is 1. The molecule has 4 heterocycles. The summed E-state index contributed by atoms with van der Waals surface area (Å²) >= 11 is 0. The van der Waals surface area contributed by atoms with Crippen molar-refractivity contribution in [1.82, 2.24) is 24.4 Å². The minimum absolute atomic E-state index is 0.270. The largest absolute Gasteiger partial charge is 0.370 e. The van der Waals surface area contributed by atoms with E-state index in [2.05, 4.69) is 54.3 Å². The van der Waals surface area contributed by atoms with Gasteiger partial charge in [0.15, 0.2) is 5.69 Å². The van der Waals surface area contributed by atoms with E-state index in [9.17, 15) is 4.39 Å². The summed E-state index contributed by atoms with van der Waals surface area (Å²) in [5.74, 6) is 1.17. The van der Waals surface area contributed by atoms with Gasteiger partial charge >= 0.3 is 0 Å².